The van der Waals surface area contributed by atoms with Gasteiger partial charge in [0.05, 0.1) is 0 Å². The summed E-state index contributed by atoms with van der Waals surface area (Å²) in [4.78, 5) is 0. The molecule has 0 radical (unpaired) electrons. The predicted octanol–water partition coefficient (Wildman–Crippen LogP) is 11.4. The quantitative estimate of drug-likeness (QED) is 0.213. The molecule has 0 amide bonds. The van der Waals surface area contributed by atoms with Crippen molar-refractivity contribution in [1.29, 1.82) is 0 Å². The van der Waals surface area contributed by atoms with E-state index in [0.717, 1.165) is 17.1 Å². The molecule has 2 aliphatic rings. The molecule has 1 aliphatic carbocycles. The minimum absolute atomic E-state index is 0.0142. The lowest BCUT2D eigenvalue weighted by Crippen LogP contribution is -2.14. The van der Waals surface area contributed by atoms with E-state index in [1.165, 1.54) is 71.6 Å². The molecule has 0 fully saturated rings. The molecule has 0 aromatic heterocycles. The van der Waals surface area contributed by atoms with Gasteiger partial charge in [-0.05, 0) is 103 Å². The fraction of sp³-hybridized carbons (Fsp3) is 0.0732. The van der Waals surface area contributed by atoms with Crippen LogP contribution in [0.25, 0.3) is 66.1 Å². The van der Waals surface area contributed by atoms with Crippen molar-refractivity contribution in [1.82, 2.24) is 0 Å². The lowest BCUT2D eigenvalue weighted by Gasteiger charge is -2.23. The Balaban J connectivity index is 1.21. The van der Waals surface area contributed by atoms with E-state index in [1.807, 2.05) is 0 Å². The molecule has 1 aliphatic heterocycles. The van der Waals surface area contributed by atoms with Crippen LogP contribution >= 0.6 is 0 Å². The van der Waals surface area contributed by atoms with Crippen molar-refractivity contribution in [2.24, 2.45) is 0 Å². The monoisotopic (exact) mass is 536 g/mol. The van der Waals surface area contributed by atoms with Crippen LogP contribution in [0.5, 0.6) is 11.5 Å². The van der Waals surface area contributed by atoms with Gasteiger partial charge in [-0.15, -0.1) is 0 Å². The third-order valence-corrected chi connectivity index (χ3v) is 9.45. The summed E-state index contributed by atoms with van der Waals surface area (Å²) in [5, 5.41) is 4.95. The molecule has 0 N–H and O–H groups in total. The SMILES string of the molecule is CC1(C)c2ccccc2-c2cc3ccc(-c4ccc5c6c(cccc46)-c4cc(-c6ccccc6)ccc4O5)cc3cc21. The van der Waals surface area contributed by atoms with Gasteiger partial charge in [0.25, 0.3) is 0 Å². The number of hydrogen-bond donors (Lipinski definition) is 0. The molecule has 1 nitrogen and oxygen atoms in total. The van der Waals surface area contributed by atoms with Crippen LogP contribution in [0.1, 0.15) is 25.0 Å². The van der Waals surface area contributed by atoms with E-state index in [0.29, 0.717) is 0 Å². The second-order valence-corrected chi connectivity index (χ2v) is 12.1. The lowest BCUT2D eigenvalue weighted by atomic mass is 9.81. The molecule has 0 saturated carbocycles. The van der Waals surface area contributed by atoms with E-state index >= 15 is 0 Å². The van der Waals surface area contributed by atoms with Gasteiger partial charge in [-0.2, -0.15) is 0 Å². The first kappa shape index (κ1) is 23.6. The van der Waals surface area contributed by atoms with E-state index in [9.17, 15) is 0 Å². The largest absolute Gasteiger partial charge is 0.456 e. The Hall–Kier alpha value is -5.14. The molecule has 42 heavy (non-hydrogen) atoms. The van der Waals surface area contributed by atoms with Crippen LogP contribution in [0.2, 0.25) is 0 Å². The van der Waals surface area contributed by atoms with E-state index < -0.39 is 0 Å². The van der Waals surface area contributed by atoms with Gasteiger partial charge < -0.3 is 4.74 Å². The molecule has 7 aromatic rings. The van der Waals surface area contributed by atoms with Crippen molar-refractivity contribution in [2.75, 3.05) is 0 Å². The first-order chi connectivity index (χ1) is 20.6. The Bertz CT molecular complexity index is 2240. The Morgan fingerprint density at radius 1 is 0.429 bits per heavy atom. The fourth-order valence-corrected chi connectivity index (χ4v) is 7.31. The Kier molecular flexibility index (Phi) is 4.73. The van der Waals surface area contributed by atoms with Gasteiger partial charge in [0.1, 0.15) is 11.5 Å². The average molecular weight is 537 g/mol. The molecule has 9 rings (SSSR count). The number of ether oxygens (including phenoxy) is 1. The van der Waals surface area contributed by atoms with Gasteiger partial charge in [-0.3, -0.25) is 0 Å². The van der Waals surface area contributed by atoms with Gasteiger partial charge in [0.2, 0.25) is 0 Å². The number of rotatable bonds is 2. The van der Waals surface area contributed by atoms with Crippen LogP contribution in [-0.4, -0.2) is 0 Å². The van der Waals surface area contributed by atoms with Gasteiger partial charge >= 0.3 is 0 Å². The molecule has 0 bridgehead atoms. The molecule has 198 valence electrons. The lowest BCUT2D eigenvalue weighted by molar-refractivity contribution is 0.487. The summed E-state index contributed by atoms with van der Waals surface area (Å²) in [7, 11) is 0. The highest BCUT2D eigenvalue weighted by Gasteiger charge is 2.35. The van der Waals surface area contributed by atoms with E-state index in [4.69, 9.17) is 4.74 Å². The molecular weight excluding hydrogens is 508 g/mol. The standard InChI is InChI=1S/C41H28O/c1-41(2)36-14-7-6-11-31(36)34-22-27-15-16-28(21-29(27)24-37(34)41)30-18-20-39-40-32(30)12-8-13-33(40)35-23-26(17-19-38(35)42-39)25-9-4-3-5-10-25/h3-24H,1-2H3. The summed E-state index contributed by atoms with van der Waals surface area (Å²) >= 11 is 0. The molecule has 0 spiro atoms. The zero-order valence-electron chi connectivity index (χ0n) is 23.6. The summed E-state index contributed by atoms with van der Waals surface area (Å²) in [6, 6.07) is 48.7. The Morgan fingerprint density at radius 3 is 2.12 bits per heavy atom. The molecule has 1 heteroatoms. The molecule has 0 saturated heterocycles. The van der Waals surface area contributed by atoms with Crippen molar-refractivity contribution in [3.8, 4) is 56.0 Å². The van der Waals surface area contributed by atoms with Crippen LogP contribution in [-0.2, 0) is 5.41 Å². The van der Waals surface area contributed by atoms with E-state index in [-0.39, 0.29) is 5.41 Å². The topological polar surface area (TPSA) is 9.23 Å². The third kappa shape index (κ3) is 3.25. The molecule has 0 atom stereocenters. The van der Waals surface area contributed by atoms with Crippen LogP contribution < -0.4 is 4.74 Å². The van der Waals surface area contributed by atoms with Crippen molar-refractivity contribution < 1.29 is 4.74 Å². The minimum atomic E-state index is -0.0142. The number of hydrogen-bond acceptors (Lipinski definition) is 1. The highest BCUT2D eigenvalue weighted by atomic mass is 16.5. The highest BCUT2D eigenvalue weighted by molar-refractivity contribution is 6.11. The summed E-state index contributed by atoms with van der Waals surface area (Å²) < 4.78 is 6.51. The van der Waals surface area contributed by atoms with Crippen molar-refractivity contribution >= 4 is 21.5 Å². The number of fused-ring (bicyclic) bond motifs is 6. The van der Waals surface area contributed by atoms with Gasteiger partial charge in [0, 0.05) is 16.4 Å². The second-order valence-electron chi connectivity index (χ2n) is 12.1. The fourth-order valence-electron chi connectivity index (χ4n) is 7.31. The van der Waals surface area contributed by atoms with Crippen LogP contribution in [0.4, 0.5) is 0 Å². The predicted molar refractivity (Wildman–Crippen MR) is 175 cm³/mol. The zero-order chi connectivity index (χ0) is 28.0. The highest BCUT2D eigenvalue weighted by Crippen LogP contribution is 2.51. The van der Waals surface area contributed by atoms with Crippen LogP contribution in [0, 0.1) is 0 Å². The summed E-state index contributed by atoms with van der Waals surface area (Å²) in [5.74, 6) is 1.83. The molecule has 1 heterocycles. The molecule has 0 unspecified atom stereocenters. The van der Waals surface area contributed by atoms with Gasteiger partial charge in [-0.25, -0.2) is 0 Å². The second kappa shape index (κ2) is 8.44. The van der Waals surface area contributed by atoms with Crippen LogP contribution in [0.15, 0.2) is 133 Å². The maximum absolute atomic E-state index is 6.51. The first-order valence-electron chi connectivity index (χ1n) is 14.7. The normalized spacial score (nSPS) is 13.9. The summed E-state index contributed by atoms with van der Waals surface area (Å²) in [6.07, 6.45) is 0. The van der Waals surface area contributed by atoms with E-state index in [1.54, 1.807) is 0 Å². The number of benzene rings is 7. The van der Waals surface area contributed by atoms with Crippen molar-refractivity contribution in [2.45, 2.75) is 19.3 Å². The Morgan fingerprint density at radius 2 is 1.21 bits per heavy atom. The molecule has 7 aromatic carbocycles. The average Bonchev–Trinajstić information content (AvgIpc) is 3.26. The zero-order valence-corrected chi connectivity index (χ0v) is 23.6. The molecular formula is C41H28O. The minimum Gasteiger partial charge on any atom is -0.456 e. The van der Waals surface area contributed by atoms with Gasteiger partial charge in [-0.1, -0.05) is 111 Å². The maximum Gasteiger partial charge on any atom is 0.135 e. The van der Waals surface area contributed by atoms with Crippen LogP contribution in [0.3, 0.4) is 0 Å². The Labute approximate surface area is 245 Å². The summed E-state index contributed by atoms with van der Waals surface area (Å²) in [5.41, 5.74) is 12.8. The third-order valence-electron chi connectivity index (χ3n) is 9.45. The van der Waals surface area contributed by atoms with Crippen molar-refractivity contribution in [3.63, 3.8) is 0 Å². The maximum atomic E-state index is 6.51. The summed E-state index contributed by atoms with van der Waals surface area (Å²) in [6.45, 7) is 4.70. The first-order valence-corrected chi connectivity index (χ1v) is 14.7. The van der Waals surface area contributed by atoms with Gasteiger partial charge in [0.15, 0.2) is 0 Å². The van der Waals surface area contributed by atoms with Crippen molar-refractivity contribution in [3.05, 3.63) is 145 Å². The smallest absolute Gasteiger partial charge is 0.135 e. The van der Waals surface area contributed by atoms with E-state index in [2.05, 4.69) is 147 Å².